The summed E-state index contributed by atoms with van der Waals surface area (Å²) in [6, 6.07) is 3.44. The standard InChI is InChI=1S/C7H6N2O.C6H6BrNO/c1-8-7-2-6(5-10)3-9-4-7;7-6-1-5(4-9)2-8-3-6/h2-4,10H,5H2;1-3,9H,4H2. The molecule has 0 saturated heterocycles. The maximum absolute atomic E-state index is 8.61. The molecule has 2 heterocycles. The van der Waals surface area contributed by atoms with Crippen LogP contribution in [0.2, 0.25) is 0 Å². The monoisotopic (exact) mass is 321 g/mol. The van der Waals surface area contributed by atoms with Crippen LogP contribution in [0.3, 0.4) is 0 Å². The second-order valence-electron chi connectivity index (χ2n) is 3.49. The third kappa shape index (κ3) is 5.57. The van der Waals surface area contributed by atoms with Gasteiger partial charge in [-0.15, -0.1) is 0 Å². The van der Waals surface area contributed by atoms with Gasteiger partial charge in [-0.2, -0.15) is 0 Å². The van der Waals surface area contributed by atoms with Crippen LogP contribution in [0.4, 0.5) is 5.69 Å². The largest absolute Gasteiger partial charge is 0.392 e. The van der Waals surface area contributed by atoms with Crippen molar-refractivity contribution in [2.75, 3.05) is 0 Å². The van der Waals surface area contributed by atoms with Crippen molar-refractivity contribution in [1.82, 2.24) is 9.97 Å². The number of nitrogens with zero attached hydrogens (tertiary/aromatic N) is 3. The van der Waals surface area contributed by atoms with Crippen LogP contribution in [-0.2, 0) is 13.2 Å². The number of halogens is 1. The summed E-state index contributed by atoms with van der Waals surface area (Å²) in [6.45, 7) is 6.61. The van der Waals surface area contributed by atoms with Crippen molar-refractivity contribution in [3.05, 3.63) is 63.9 Å². The van der Waals surface area contributed by atoms with E-state index < -0.39 is 0 Å². The minimum atomic E-state index is -0.0592. The van der Waals surface area contributed by atoms with Gasteiger partial charge in [0.2, 0.25) is 5.69 Å². The summed E-state index contributed by atoms with van der Waals surface area (Å²) in [7, 11) is 0. The number of aromatic nitrogens is 2. The normalized spacial score (nSPS) is 9.16. The molecule has 0 bridgehead atoms. The predicted molar refractivity (Wildman–Crippen MR) is 74.3 cm³/mol. The molecule has 0 amide bonds. The van der Waals surface area contributed by atoms with Gasteiger partial charge in [0.05, 0.1) is 19.8 Å². The molecular weight excluding hydrogens is 310 g/mol. The van der Waals surface area contributed by atoms with E-state index in [1.54, 1.807) is 18.5 Å². The molecule has 0 aliphatic heterocycles. The Labute approximate surface area is 119 Å². The van der Waals surface area contributed by atoms with Crippen molar-refractivity contribution in [3.63, 3.8) is 0 Å². The maximum atomic E-state index is 8.61. The third-order valence-corrected chi connectivity index (χ3v) is 2.47. The Hall–Kier alpha value is -1.81. The molecule has 2 aromatic heterocycles. The van der Waals surface area contributed by atoms with Crippen LogP contribution in [0, 0.1) is 6.57 Å². The molecule has 0 radical (unpaired) electrons. The van der Waals surface area contributed by atoms with Gasteiger partial charge in [-0.3, -0.25) is 9.97 Å². The van der Waals surface area contributed by atoms with Crippen LogP contribution in [0.15, 0.2) is 41.4 Å². The highest BCUT2D eigenvalue weighted by molar-refractivity contribution is 9.10. The molecule has 0 aliphatic rings. The van der Waals surface area contributed by atoms with Crippen molar-refractivity contribution in [2.24, 2.45) is 0 Å². The van der Waals surface area contributed by atoms with Gasteiger partial charge >= 0.3 is 0 Å². The molecule has 19 heavy (non-hydrogen) atoms. The quantitative estimate of drug-likeness (QED) is 0.833. The molecule has 0 saturated carbocycles. The van der Waals surface area contributed by atoms with Gasteiger partial charge in [-0.05, 0) is 39.2 Å². The molecule has 0 fully saturated rings. The summed E-state index contributed by atoms with van der Waals surface area (Å²) in [5.74, 6) is 0. The Kier molecular flexibility index (Phi) is 6.68. The molecule has 0 spiro atoms. The van der Waals surface area contributed by atoms with Crippen LogP contribution in [0.5, 0.6) is 0 Å². The Balaban J connectivity index is 0.000000191. The first-order valence-corrected chi connectivity index (χ1v) is 6.11. The van der Waals surface area contributed by atoms with Crippen molar-refractivity contribution < 1.29 is 10.2 Å². The highest BCUT2D eigenvalue weighted by atomic mass is 79.9. The highest BCUT2D eigenvalue weighted by Gasteiger charge is 1.92. The van der Waals surface area contributed by atoms with E-state index in [1.807, 2.05) is 6.07 Å². The van der Waals surface area contributed by atoms with Crippen molar-refractivity contribution in [3.8, 4) is 0 Å². The fourth-order valence-corrected chi connectivity index (χ4v) is 1.58. The van der Waals surface area contributed by atoms with E-state index in [2.05, 4.69) is 30.7 Å². The highest BCUT2D eigenvalue weighted by Crippen LogP contribution is 2.10. The number of hydrogen-bond donors (Lipinski definition) is 2. The number of rotatable bonds is 2. The summed E-state index contributed by atoms with van der Waals surface area (Å²) in [6.07, 6.45) is 6.31. The number of aliphatic hydroxyl groups is 2. The number of aliphatic hydroxyl groups excluding tert-OH is 2. The third-order valence-electron chi connectivity index (χ3n) is 2.04. The topological polar surface area (TPSA) is 70.6 Å². The SMILES string of the molecule is OCc1cncc(Br)c1.[C-]#[N+]c1cncc(CO)c1. The zero-order valence-electron chi connectivity index (χ0n) is 9.99. The summed E-state index contributed by atoms with van der Waals surface area (Å²) < 4.78 is 0.897. The molecule has 0 unspecified atom stereocenters. The molecule has 2 aromatic rings. The summed E-state index contributed by atoms with van der Waals surface area (Å²) in [4.78, 5) is 10.8. The van der Waals surface area contributed by atoms with Crippen molar-refractivity contribution in [2.45, 2.75) is 13.2 Å². The Morgan fingerprint density at radius 1 is 1.00 bits per heavy atom. The summed E-state index contributed by atoms with van der Waals surface area (Å²) >= 11 is 3.23. The lowest BCUT2D eigenvalue weighted by molar-refractivity contribution is 0.281. The van der Waals surface area contributed by atoms with Crippen LogP contribution in [0.25, 0.3) is 4.85 Å². The van der Waals surface area contributed by atoms with Crippen LogP contribution >= 0.6 is 15.9 Å². The molecule has 5 nitrogen and oxygen atoms in total. The maximum Gasteiger partial charge on any atom is 0.205 e. The van der Waals surface area contributed by atoms with E-state index in [9.17, 15) is 0 Å². The fourth-order valence-electron chi connectivity index (χ4n) is 1.16. The van der Waals surface area contributed by atoms with Crippen LogP contribution in [-0.4, -0.2) is 20.2 Å². The van der Waals surface area contributed by atoms with E-state index in [1.165, 1.54) is 12.4 Å². The van der Waals surface area contributed by atoms with Gasteiger partial charge in [-0.25, -0.2) is 4.85 Å². The lowest BCUT2D eigenvalue weighted by atomic mass is 10.3. The van der Waals surface area contributed by atoms with Crippen LogP contribution < -0.4 is 0 Å². The molecular formula is C13H12BrN3O2. The second-order valence-corrected chi connectivity index (χ2v) is 4.41. The van der Waals surface area contributed by atoms with Crippen molar-refractivity contribution in [1.29, 1.82) is 0 Å². The Bertz CT molecular complexity index is 570. The van der Waals surface area contributed by atoms with Gasteiger partial charge < -0.3 is 10.2 Å². The second kappa shape index (κ2) is 8.32. The van der Waals surface area contributed by atoms with Gasteiger partial charge in [0.1, 0.15) is 0 Å². The first-order chi connectivity index (χ1) is 9.19. The summed E-state index contributed by atoms with van der Waals surface area (Å²) in [5.41, 5.74) is 1.96. The molecule has 6 heteroatoms. The lowest BCUT2D eigenvalue weighted by Gasteiger charge is -1.92. The number of pyridine rings is 2. The van der Waals surface area contributed by atoms with Gasteiger partial charge in [-0.1, -0.05) is 0 Å². The van der Waals surface area contributed by atoms with Gasteiger partial charge in [0, 0.05) is 29.3 Å². The van der Waals surface area contributed by atoms with E-state index in [0.717, 1.165) is 10.0 Å². The number of hydrogen-bond acceptors (Lipinski definition) is 4. The van der Waals surface area contributed by atoms with Gasteiger partial charge in [0.25, 0.3) is 0 Å². The zero-order valence-corrected chi connectivity index (χ0v) is 11.6. The first-order valence-electron chi connectivity index (χ1n) is 5.32. The van der Waals surface area contributed by atoms with E-state index in [0.29, 0.717) is 11.3 Å². The van der Waals surface area contributed by atoms with Crippen molar-refractivity contribution >= 4 is 21.6 Å². The van der Waals surface area contributed by atoms with Crippen LogP contribution in [0.1, 0.15) is 11.1 Å². The Morgan fingerprint density at radius 2 is 1.58 bits per heavy atom. The molecule has 0 aromatic carbocycles. The molecule has 0 aliphatic carbocycles. The van der Waals surface area contributed by atoms with Gasteiger partial charge in [0.15, 0.2) is 0 Å². The minimum Gasteiger partial charge on any atom is -0.392 e. The Morgan fingerprint density at radius 3 is 2.05 bits per heavy atom. The molecule has 0 atom stereocenters. The lowest BCUT2D eigenvalue weighted by Crippen LogP contribution is -1.83. The minimum absolute atomic E-state index is 0.0481. The molecule has 2 rings (SSSR count). The summed E-state index contributed by atoms with van der Waals surface area (Å²) in [5, 5.41) is 17.2. The van der Waals surface area contributed by atoms with E-state index >= 15 is 0 Å². The molecule has 2 N–H and O–H groups in total. The first kappa shape index (κ1) is 15.2. The smallest absolute Gasteiger partial charge is 0.205 e. The average Bonchev–Trinajstić information content (AvgIpc) is 2.48. The van der Waals surface area contributed by atoms with E-state index in [-0.39, 0.29) is 13.2 Å². The van der Waals surface area contributed by atoms with E-state index in [4.69, 9.17) is 16.8 Å². The molecule has 98 valence electrons. The zero-order chi connectivity index (χ0) is 14.1. The predicted octanol–water partition coefficient (Wildman–Crippen LogP) is 2.46. The average molecular weight is 322 g/mol. The fraction of sp³-hybridized carbons (Fsp3) is 0.154.